The van der Waals surface area contributed by atoms with Crippen LogP contribution in [0, 0.1) is 5.92 Å². The molecule has 80 valence electrons. The van der Waals surface area contributed by atoms with E-state index in [2.05, 4.69) is 18.8 Å². The Labute approximate surface area is 86.4 Å². The second kappa shape index (κ2) is 5.86. The lowest BCUT2D eigenvalue weighted by Crippen LogP contribution is -2.12. The van der Waals surface area contributed by atoms with Gasteiger partial charge in [-0.15, -0.1) is 0 Å². The molecule has 2 heteroatoms. The molecular formula is C12H21NO. The van der Waals surface area contributed by atoms with Gasteiger partial charge in [-0.1, -0.05) is 26.7 Å². The van der Waals surface area contributed by atoms with Gasteiger partial charge in [-0.2, -0.15) is 0 Å². The molecule has 0 radical (unpaired) electrons. The first-order valence-electron chi connectivity index (χ1n) is 5.60. The fourth-order valence-corrected chi connectivity index (χ4v) is 1.98. The average Bonchev–Trinajstić information content (AvgIpc) is 2.69. The third-order valence-corrected chi connectivity index (χ3v) is 2.71. The maximum atomic E-state index is 10.1. The van der Waals surface area contributed by atoms with Gasteiger partial charge >= 0.3 is 0 Å². The first-order valence-corrected chi connectivity index (χ1v) is 5.60. The van der Waals surface area contributed by atoms with Crippen molar-refractivity contribution in [1.82, 2.24) is 4.98 Å². The van der Waals surface area contributed by atoms with Crippen LogP contribution in [0.4, 0.5) is 0 Å². The summed E-state index contributed by atoms with van der Waals surface area (Å²) in [5.41, 5.74) is 0.955. The van der Waals surface area contributed by atoms with Crippen LogP contribution in [0.2, 0.25) is 0 Å². The Bertz CT molecular complexity index is 224. The van der Waals surface area contributed by atoms with Gasteiger partial charge < -0.3 is 10.1 Å². The molecule has 1 heterocycles. The molecule has 1 rings (SSSR count). The molecule has 0 bridgehead atoms. The van der Waals surface area contributed by atoms with E-state index in [1.165, 1.54) is 0 Å². The molecule has 0 aliphatic rings. The smallest absolute Gasteiger partial charge is 0.0965 e. The van der Waals surface area contributed by atoms with Gasteiger partial charge in [0.15, 0.2) is 0 Å². The molecule has 2 nitrogen and oxygen atoms in total. The first-order chi connectivity index (χ1) is 6.79. The zero-order chi connectivity index (χ0) is 10.4. The number of hydrogen-bond donors (Lipinski definition) is 2. The molecule has 14 heavy (non-hydrogen) atoms. The van der Waals surface area contributed by atoms with Gasteiger partial charge in [0.1, 0.15) is 0 Å². The predicted octanol–water partition coefficient (Wildman–Crippen LogP) is 3.26. The minimum absolute atomic E-state index is 0.315. The summed E-state index contributed by atoms with van der Waals surface area (Å²) >= 11 is 0. The molecule has 0 fully saturated rings. The highest BCUT2D eigenvalue weighted by Gasteiger charge is 2.19. The Morgan fingerprint density at radius 2 is 1.93 bits per heavy atom. The zero-order valence-corrected chi connectivity index (χ0v) is 9.16. The highest BCUT2D eigenvalue weighted by molar-refractivity contribution is 5.07. The number of aliphatic hydroxyl groups is 1. The van der Waals surface area contributed by atoms with Gasteiger partial charge in [-0.25, -0.2) is 0 Å². The molecule has 0 spiro atoms. The van der Waals surface area contributed by atoms with Gasteiger partial charge in [0, 0.05) is 11.9 Å². The van der Waals surface area contributed by atoms with Crippen LogP contribution in [0.25, 0.3) is 0 Å². The lowest BCUT2D eigenvalue weighted by atomic mass is 9.91. The van der Waals surface area contributed by atoms with E-state index in [0.29, 0.717) is 5.92 Å². The molecule has 1 aromatic rings. The Kier molecular flexibility index (Phi) is 4.74. The number of aliphatic hydroxyl groups excluding tert-OH is 1. The van der Waals surface area contributed by atoms with Crippen LogP contribution < -0.4 is 0 Å². The van der Waals surface area contributed by atoms with Crippen LogP contribution in [0.1, 0.15) is 51.3 Å². The van der Waals surface area contributed by atoms with E-state index in [4.69, 9.17) is 0 Å². The average molecular weight is 195 g/mol. The monoisotopic (exact) mass is 195 g/mol. The quantitative estimate of drug-likeness (QED) is 0.718. The van der Waals surface area contributed by atoms with Crippen molar-refractivity contribution in [3.63, 3.8) is 0 Å². The molecule has 0 aliphatic heterocycles. The second-order valence-corrected chi connectivity index (χ2v) is 3.91. The van der Waals surface area contributed by atoms with E-state index in [1.807, 2.05) is 18.3 Å². The van der Waals surface area contributed by atoms with Crippen LogP contribution in [0.3, 0.4) is 0 Å². The number of rotatable bonds is 6. The Balaban J connectivity index is 2.58. The maximum absolute atomic E-state index is 10.1. The molecule has 0 saturated carbocycles. The molecule has 1 atom stereocenters. The topological polar surface area (TPSA) is 36.0 Å². The fraction of sp³-hybridized carbons (Fsp3) is 0.667. The Morgan fingerprint density at radius 1 is 1.29 bits per heavy atom. The van der Waals surface area contributed by atoms with Crippen LogP contribution in [-0.2, 0) is 0 Å². The highest BCUT2D eigenvalue weighted by atomic mass is 16.3. The highest BCUT2D eigenvalue weighted by Crippen LogP contribution is 2.28. The van der Waals surface area contributed by atoms with Crippen molar-refractivity contribution in [3.8, 4) is 0 Å². The van der Waals surface area contributed by atoms with Crippen molar-refractivity contribution in [2.24, 2.45) is 5.92 Å². The summed E-state index contributed by atoms with van der Waals surface area (Å²) in [6.07, 6.45) is 6.05. The summed E-state index contributed by atoms with van der Waals surface area (Å²) < 4.78 is 0. The van der Waals surface area contributed by atoms with E-state index in [-0.39, 0.29) is 6.10 Å². The van der Waals surface area contributed by atoms with Gasteiger partial charge in [0.2, 0.25) is 0 Å². The van der Waals surface area contributed by atoms with Crippen molar-refractivity contribution in [2.45, 2.75) is 45.6 Å². The van der Waals surface area contributed by atoms with Gasteiger partial charge in [0.25, 0.3) is 0 Å². The van der Waals surface area contributed by atoms with Gasteiger partial charge in [-0.3, -0.25) is 0 Å². The van der Waals surface area contributed by atoms with Crippen molar-refractivity contribution >= 4 is 0 Å². The molecule has 0 aliphatic carbocycles. The Hall–Kier alpha value is -0.760. The fourth-order valence-electron chi connectivity index (χ4n) is 1.98. The number of H-pyrrole nitrogens is 1. The van der Waals surface area contributed by atoms with Crippen molar-refractivity contribution in [1.29, 1.82) is 0 Å². The van der Waals surface area contributed by atoms with Crippen LogP contribution in [-0.4, -0.2) is 10.1 Å². The molecule has 0 saturated heterocycles. The maximum Gasteiger partial charge on any atom is 0.0965 e. The predicted molar refractivity (Wildman–Crippen MR) is 59.1 cm³/mol. The summed E-state index contributed by atoms with van der Waals surface area (Å²) in [5.74, 6) is 0.406. The summed E-state index contributed by atoms with van der Waals surface area (Å²) in [5, 5.41) is 10.1. The summed E-state index contributed by atoms with van der Waals surface area (Å²) in [4.78, 5) is 3.08. The Morgan fingerprint density at radius 3 is 2.36 bits per heavy atom. The van der Waals surface area contributed by atoms with E-state index in [0.717, 1.165) is 31.4 Å². The lowest BCUT2D eigenvalue weighted by Gasteiger charge is -2.21. The third kappa shape index (κ3) is 2.88. The number of aromatic nitrogens is 1. The van der Waals surface area contributed by atoms with E-state index < -0.39 is 0 Å². The molecule has 1 aromatic heterocycles. The van der Waals surface area contributed by atoms with Gasteiger partial charge in [-0.05, 0) is 30.9 Å². The summed E-state index contributed by atoms with van der Waals surface area (Å²) in [6.45, 7) is 4.34. The standard InChI is InChI=1S/C12H21NO/c1-3-6-10(7-4-2)12(14)11-8-5-9-13-11/h5,8-10,12-14H,3-4,6-7H2,1-2H3. The molecule has 0 amide bonds. The molecular weight excluding hydrogens is 174 g/mol. The minimum atomic E-state index is -0.315. The van der Waals surface area contributed by atoms with Crippen LogP contribution >= 0.6 is 0 Å². The number of nitrogens with one attached hydrogen (secondary N) is 1. The van der Waals surface area contributed by atoms with Crippen molar-refractivity contribution in [2.75, 3.05) is 0 Å². The number of aromatic amines is 1. The van der Waals surface area contributed by atoms with Crippen molar-refractivity contribution < 1.29 is 5.11 Å². The van der Waals surface area contributed by atoms with Gasteiger partial charge in [0.05, 0.1) is 6.10 Å². The summed E-state index contributed by atoms with van der Waals surface area (Å²) in [7, 11) is 0. The van der Waals surface area contributed by atoms with E-state index in [1.54, 1.807) is 0 Å². The molecule has 2 N–H and O–H groups in total. The van der Waals surface area contributed by atoms with Crippen LogP contribution in [0.15, 0.2) is 18.3 Å². The van der Waals surface area contributed by atoms with E-state index in [9.17, 15) is 5.11 Å². The molecule has 0 aromatic carbocycles. The van der Waals surface area contributed by atoms with Crippen molar-refractivity contribution in [3.05, 3.63) is 24.0 Å². The minimum Gasteiger partial charge on any atom is -0.387 e. The van der Waals surface area contributed by atoms with Crippen LogP contribution in [0.5, 0.6) is 0 Å². The third-order valence-electron chi connectivity index (χ3n) is 2.71. The SMILES string of the molecule is CCCC(CCC)C(O)c1ccc[nH]1. The van der Waals surface area contributed by atoms with E-state index >= 15 is 0 Å². The first kappa shape index (κ1) is 11.3. The molecule has 1 unspecified atom stereocenters. The largest absolute Gasteiger partial charge is 0.387 e. The normalized spacial score (nSPS) is 13.4. The zero-order valence-electron chi connectivity index (χ0n) is 9.16. The second-order valence-electron chi connectivity index (χ2n) is 3.91. The number of hydrogen-bond acceptors (Lipinski definition) is 1. The summed E-state index contributed by atoms with van der Waals surface area (Å²) in [6, 6.07) is 3.90. The lowest BCUT2D eigenvalue weighted by molar-refractivity contribution is 0.0930.